The van der Waals surface area contributed by atoms with Gasteiger partial charge in [-0.1, -0.05) is 0 Å². The van der Waals surface area contributed by atoms with Crippen molar-refractivity contribution in [1.82, 2.24) is 9.88 Å². The average molecular weight is 274 g/mol. The van der Waals surface area contributed by atoms with E-state index in [1.807, 2.05) is 4.90 Å². The molecule has 1 unspecified atom stereocenters. The third-order valence-corrected chi connectivity index (χ3v) is 3.49. The van der Waals surface area contributed by atoms with Gasteiger partial charge in [0.2, 0.25) is 0 Å². The van der Waals surface area contributed by atoms with E-state index in [9.17, 15) is 9.59 Å². The first-order valence-electron chi connectivity index (χ1n) is 6.75. The molecule has 106 valence electrons. The average Bonchev–Trinajstić information content (AvgIpc) is 2.45. The highest BCUT2D eigenvalue weighted by molar-refractivity contribution is 5.95. The fourth-order valence-electron chi connectivity index (χ4n) is 2.40. The molecule has 0 saturated carbocycles. The SMILES string of the molecule is CC1CCCCN1C(=O)c1cncc(C=CC(=O)O)c1. The molecule has 1 aliphatic heterocycles. The van der Waals surface area contributed by atoms with E-state index in [1.54, 1.807) is 6.07 Å². The van der Waals surface area contributed by atoms with Crippen LogP contribution in [0.3, 0.4) is 0 Å². The second-order valence-corrected chi connectivity index (χ2v) is 5.02. The monoisotopic (exact) mass is 274 g/mol. The molecule has 1 atom stereocenters. The lowest BCUT2D eigenvalue weighted by Gasteiger charge is -2.33. The molecule has 0 radical (unpaired) electrons. The fraction of sp³-hybridized carbons (Fsp3) is 0.400. The number of hydrogen-bond acceptors (Lipinski definition) is 3. The van der Waals surface area contributed by atoms with Crippen molar-refractivity contribution >= 4 is 18.0 Å². The Morgan fingerprint density at radius 2 is 2.20 bits per heavy atom. The fourth-order valence-corrected chi connectivity index (χ4v) is 2.40. The number of nitrogens with zero attached hydrogens (tertiary/aromatic N) is 2. The molecule has 1 fully saturated rings. The number of likely N-dealkylation sites (tertiary alicyclic amines) is 1. The van der Waals surface area contributed by atoms with Crippen LogP contribution in [0.2, 0.25) is 0 Å². The van der Waals surface area contributed by atoms with Crippen LogP contribution in [0, 0.1) is 0 Å². The van der Waals surface area contributed by atoms with Gasteiger partial charge in [-0.3, -0.25) is 9.78 Å². The molecule has 0 bridgehead atoms. The molecular formula is C15H18N2O3. The molecule has 1 saturated heterocycles. The van der Waals surface area contributed by atoms with E-state index in [0.717, 1.165) is 31.9 Å². The number of carboxylic acids is 1. The van der Waals surface area contributed by atoms with Crippen LogP contribution >= 0.6 is 0 Å². The molecule has 20 heavy (non-hydrogen) atoms. The van der Waals surface area contributed by atoms with Gasteiger partial charge >= 0.3 is 5.97 Å². The van der Waals surface area contributed by atoms with Crippen LogP contribution in [-0.4, -0.2) is 39.5 Å². The van der Waals surface area contributed by atoms with Crippen molar-refractivity contribution in [3.8, 4) is 0 Å². The molecule has 1 amide bonds. The molecule has 0 aromatic carbocycles. The maximum Gasteiger partial charge on any atom is 0.328 e. The number of carbonyl (C=O) groups excluding carboxylic acids is 1. The number of carboxylic acid groups (broad SMARTS) is 1. The molecule has 1 aromatic heterocycles. The Morgan fingerprint density at radius 3 is 2.90 bits per heavy atom. The molecule has 2 heterocycles. The van der Waals surface area contributed by atoms with Gasteiger partial charge in [0.05, 0.1) is 5.56 Å². The van der Waals surface area contributed by atoms with Crippen molar-refractivity contribution in [2.45, 2.75) is 32.2 Å². The van der Waals surface area contributed by atoms with Crippen LogP contribution in [-0.2, 0) is 4.79 Å². The predicted molar refractivity (Wildman–Crippen MR) is 75.3 cm³/mol. The first-order valence-corrected chi connectivity index (χ1v) is 6.75. The van der Waals surface area contributed by atoms with Gasteiger partial charge < -0.3 is 10.0 Å². The first-order chi connectivity index (χ1) is 9.58. The number of hydrogen-bond donors (Lipinski definition) is 1. The Balaban J connectivity index is 2.17. The van der Waals surface area contributed by atoms with Crippen molar-refractivity contribution in [3.63, 3.8) is 0 Å². The summed E-state index contributed by atoms with van der Waals surface area (Å²) in [7, 11) is 0. The topological polar surface area (TPSA) is 70.5 Å². The van der Waals surface area contributed by atoms with Crippen molar-refractivity contribution in [2.75, 3.05) is 6.54 Å². The minimum atomic E-state index is -1.02. The van der Waals surface area contributed by atoms with Crippen LogP contribution < -0.4 is 0 Å². The Hall–Kier alpha value is -2.17. The third-order valence-electron chi connectivity index (χ3n) is 3.49. The molecule has 1 aromatic rings. The van der Waals surface area contributed by atoms with E-state index >= 15 is 0 Å². The Morgan fingerprint density at radius 1 is 1.40 bits per heavy atom. The maximum atomic E-state index is 12.4. The summed E-state index contributed by atoms with van der Waals surface area (Å²) in [6, 6.07) is 1.92. The van der Waals surface area contributed by atoms with E-state index in [-0.39, 0.29) is 11.9 Å². The Labute approximate surface area is 117 Å². The quantitative estimate of drug-likeness (QED) is 0.858. The van der Waals surface area contributed by atoms with Crippen LogP contribution in [0.15, 0.2) is 24.5 Å². The number of amides is 1. The highest BCUT2D eigenvalue weighted by atomic mass is 16.4. The van der Waals surface area contributed by atoms with Gasteiger partial charge in [-0.05, 0) is 43.9 Å². The number of pyridine rings is 1. The van der Waals surface area contributed by atoms with Gasteiger partial charge in [0, 0.05) is 31.1 Å². The van der Waals surface area contributed by atoms with Gasteiger partial charge in [0.1, 0.15) is 0 Å². The number of piperidine rings is 1. The van der Waals surface area contributed by atoms with Crippen LogP contribution in [0.1, 0.15) is 42.1 Å². The summed E-state index contributed by atoms with van der Waals surface area (Å²) < 4.78 is 0. The summed E-state index contributed by atoms with van der Waals surface area (Å²) in [5, 5.41) is 8.61. The van der Waals surface area contributed by atoms with E-state index < -0.39 is 5.97 Å². The highest BCUT2D eigenvalue weighted by Gasteiger charge is 2.24. The third kappa shape index (κ3) is 3.44. The highest BCUT2D eigenvalue weighted by Crippen LogP contribution is 2.19. The number of rotatable bonds is 3. The number of aliphatic carboxylic acids is 1. The smallest absolute Gasteiger partial charge is 0.328 e. The van der Waals surface area contributed by atoms with Gasteiger partial charge in [-0.2, -0.15) is 0 Å². The van der Waals surface area contributed by atoms with Gasteiger partial charge in [-0.25, -0.2) is 4.79 Å². The van der Waals surface area contributed by atoms with Crippen LogP contribution in [0.25, 0.3) is 6.08 Å². The summed E-state index contributed by atoms with van der Waals surface area (Å²) >= 11 is 0. The summed E-state index contributed by atoms with van der Waals surface area (Å²) in [6.07, 6.45) is 8.75. The first kappa shape index (κ1) is 14.2. The summed E-state index contributed by atoms with van der Waals surface area (Å²) in [5.74, 6) is -1.05. The zero-order chi connectivity index (χ0) is 14.5. The molecular weight excluding hydrogens is 256 g/mol. The van der Waals surface area contributed by atoms with Crippen LogP contribution in [0.4, 0.5) is 0 Å². The van der Waals surface area contributed by atoms with Crippen molar-refractivity contribution < 1.29 is 14.7 Å². The predicted octanol–water partition coefficient (Wildman–Crippen LogP) is 2.19. The Kier molecular flexibility index (Phi) is 4.50. The second-order valence-electron chi connectivity index (χ2n) is 5.02. The van der Waals surface area contributed by atoms with Gasteiger partial charge in [0.25, 0.3) is 5.91 Å². The van der Waals surface area contributed by atoms with Crippen molar-refractivity contribution in [2.24, 2.45) is 0 Å². The molecule has 0 spiro atoms. The summed E-state index contributed by atoms with van der Waals surface area (Å²) in [5.41, 5.74) is 1.12. The number of aromatic nitrogens is 1. The molecule has 5 nitrogen and oxygen atoms in total. The van der Waals surface area contributed by atoms with E-state index in [1.165, 1.54) is 18.5 Å². The molecule has 5 heteroatoms. The minimum absolute atomic E-state index is 0.0322. The maximum absolute atomic E-state index is 12.4. The lowest BCUT2D eigenvalue weighted by Crippen LogP contribution is -2.42. The summed E-state index contributed by atoms with van der Waals surface area (Å²) in [6.45, 7) is 2.83. The molecule has 1 aliphatic rings. The van der Waals surface area contributed by atoms with Gasteiger partial charge in [-0.15, -0.1) is 0 Å². The molecule has 0 aliphatic carbocycles. The Bertz CT molecular complexity index is 540. The van der Waals surface area contributed by atoms with E-state index in [4.69, 9.17) is 5.11 Å². The zero-order valence-corrected chi connectivity index (χ0v) is 11.5. The minimum Gasteiger partial charge on any atom is -0.478 e. The van der Waals surface area contributed by atoms with Crippen LogP contribution in [0.5, 0.6) is 0 Å². The second kappa shape index (κ2) is 6.32. The normalized spacial score (nSPS) is 19.2. The number of carbonyl (C=O) groups is 2. The summed E-state index contributed by atoms with van der Waals surface area (Å²) in [4.78, 5) is 28.8. The van der Waals surface area contributed by atoms with E-state index in [0.29, 0.717) is 11.1 Å². The van der Waals surface area contributed by atoms with Crippen molar-refractivity contribution in [3.05, 3.63) is 35.7 Å². The van der Waals surface area contributed by atoms with Gasteiger partial charge in [0.15, 0.2) is 0 Å². The van der Waals surface area contributed by atoms with E-state index in [2.05, 4.69) is 11.9 Å². The standard InChI is InChI=1S/C15H18N2O3/c1-11-4-2-3-7-17(11)15(20)13-8-12(9-16-10-13)5-6-14(18)19/h5-6,8-11H,2-4,7H2,1H3,(H,18,19). The van der Waals surface area contributed by atoms with Crippen molar-refractivity contribution in [1.29, 1.82) is 0 Å². The molecule has 2 rings (SSSR count). The largest absolute Gasteiger partial charge is 0.478 e. The lowest BCUT2D eigenvalue weighted by atomic mass is 10.0. The molecule has 1 N–H and O–H groups in total. The zero-order valence-electron chi connectivity index (χ0n) is 11.5. The lowest BCUT2D eigenvalue weighted by molar-refractivity contribution is -0.131.